The van der Waals surface area contributed by atoms with Gasteiger partial charge in [-0.05, 0) is 32.3 Å². The summed E-state index contributed by atoms with van der Waals surface area (Å²) in [6.45, 7) is 7.95. The van der Waals surface area contributed by atoms with Crippen LogP contribution in [0, 0.1) is 0 Å². The smallest absolute Gasteiger partial charge is 0.101 e. The van der Waals surface area contributed by atoms with Crippen LogP contribution in [0.5, 0.6) is 0 Å². The third-order valence-corrected chi connectivity index (χ3v) is 7.53. The molecule has 2 rings (SSSR count). The van der Waals surface area contributed by atoms with Crippen LogP contribution in [0.2, 0.25) is 0 Å². The van der Waals surface area contributed by atoms with Crippen molar-refractivity contribution in [3.05, 3.63) is 48.3 Å². The highest BCUT2D eigenvalue weighted by atomic mass is 15.4. The molecule has 1 unspecified atom stereocenters. The molecule has 194 valence electrons. The maximum Gasteiger partial charge on any atom is 0.101 e. The van der Waals surface area contributed by atoms with E-state index < -0.39 is 0 Å². The van der Waals surface area contributed by atoms with E-state index in [0.29, 0.717) is 12.2 Å². The number of nitrogens with zero attached hydrogens (tertiary/aromatic N) is 2. The molecule has 0 radical (unpaired) electrons. The Morgan fingerprint density at radius 1 is 0.618 bits per heavy atom. The van der Waals surface area contributed by atoms with Gasteiger partial charge in [0, 0.05) is 25.0 Å². The van der Waals surface area contributed by atoms with E-state index in [1.807, 2.05) is 0 Å². The number of unbranched alkanes of at least 4 members (excludes halogenated alkanes) is 16. The van der Waals surface area contributed by atoms with Crippen molar-refractivity contribution in [3.8, 4) is 0 Å². The molecule has 34 heavy (non-hydrogen) atoms. The van der Waals surface area contributed by atoms with E-state index in [1.54, 1.807) is 0 Å². The van der Waals surface area contributed by atoms with Crippen LogP contribution in [0.4, 0.5) is 0 Å². The number of hydrogen-bond acceptors (Lipinski definition) is 2. The van der Waals surface area contributed by atoms with Gasteiger partial charge in [-0.3, -0.25) is 0 Å². The largest absolute Gasteiger partial charge is 0.354 e. The van der Waals surface area contributed by atoms with Gasteiger partial charge in [-0.15, -0.1) is 0 Å². The van der Waals surface area contributed by atoms with Gasteiger partial charge in [-0.2, -0.15) is 0 Å². The van der Waals surface area contributed by atoms with Crippen LogP contribution < -0.4 is 0 Å². The van der Waals surface area contributed by atoms with Crippen LogP contribution in [-0.4, -0.2) is 22.0 Å². The van der Waals surface area contributed by atoms with E-state index in [1.165, 1.54) is 121 Å². The van der Waals surface area contributed by atoms with E-state index in [9.17, 15) is 0 Å². The minimum absolute atomic E-state index is 0.525. The molecule has 1 aliphatic heterocycles. The summed E-state index contributed by atoms with van der Waals surface area (Å²) in [7, 11) is 0. The van der Waals surface area contributed by atoms with Gasteiger partial charge in [0.25, 0.3) is 0 Å². The summed E-state index contributed by atoms with van der Waals surface area (Å²) in [5.74, 6) is 0. The Labute approximate surface area is 213 Å². The Bertz CT molecular complexity index is 609. The molecule has 1 aromatic carbocycles. The van der Waals surface area contributed by atoms with E-state index >= 15 is 0 Å². The summed E-state index contributed by atoms with van der Waals surface area (Å²) in [6.07, 6.45) is 30.9. The standard InChI is InChI=1S/C32H56N2/c1-4-5-6-7-8-9-10-11-12-13-14-15-16-17-18-19-23-26-32-33(27-28-34(32)30(2)3)29-31-24-21-20-22-25-31/h20-22,24-25,27-28,30,32H,4-19,23,26,29H2,1-3H3. The summed E-state index contributed by atoms with van der Waals surface area (Å²) in [6, 6.07) is 11.5. The monoisotopic (exact) mass is 468 g/mol. The van der Waals surface area contributed by atoms with E-state index in [4.69, 9.17) is 0 Å². The molecule has 0 spiro atoms. The summed E-state index contributed by atoms with van der Waals surface area (Å²) in [5.41, 5.74) is 1.41. The Balaban J connectivity index is 1.44. The molecule has 0 N–H and O–H groups in total. The second kappa shape index (κ2) is 18.8. The Morgan fingerprint density at radius 3 is 1.56 bits per heavy atom. The predicted molar refractivity (Wildman–Crippen MR) is 151 cm³/mol. The SMILES string of the molecule is CCCCCCCCCCCCCCCCCCCC1N(Cc2ccccc2)C=CN1C(C)C. The zero-order valence-corrected chi connectivity index (χ0v) is 23.0. The second-order valence-corrected chi connectivity index (χ2v) is 10.9. The van der Waals surface area contributed by atoms with Gasteiger partial charge in [-0.25, -0.2) is 0 Å². The predicted octanol–water partition coefficient (Wildman–Crippen LogP) is 10.1. The van der Waals surface area contributed by atoms with Crippen LogP contribution in [0.3, 0.4) is 0 Å². The first-order valence-electron chi connectivity index (χ1n) is 15.0. The summed E-state index contributed by atoms with van der Waals surface area (Å²) in [5, 5.41) is 0. The van der Waals surface area contributed by atoms with Crippen LogP contribution >= 0.6 is 0 Å². The molecular weight excluding hydrogens is 412 g/mol. The average Bonchev–Trinajstić information content (AvgIpc) is 3.24. The van der Waals surface area contributed by atoms with E-state index in [2.05, 4.69) is 73.3 Å². The molecule has 1 heterocycles. The van der Waals surface area contributed by atoms with Crippen molar-refractivity contribution in [1.82, 2.24) is 9.80 Å². The summed E-state index contributed by atoms with van der Waals surface area (Å²) in [4.78, 5) is 5.09. The summed E-state index contributed by atoms with van der Waals surface area (Å²) >= 11 is 0. The molecule has 0 amide bonds. The lowest BCUT2D eigenvalue weighted by Crippen LogP contribution is -2.41. The van der Waals surface area contributed by atoms with Crippen molar-refractivity contribution in [1.29, 1.82) is 0 Å². The first-order chi connectivity index (χ1) is 16.7. The molecule has 1 aliphatic rings. The van der Waals surface area contributed by atoms with Gasteiger partial charge < -0.3 is 9.80 Å². The normalized spacial score (nSPS) is 15.7. The van der Waals surface area contributed by atoms with Crippen molar-refractivity contribution in [3.63, 3.8) is 0 Å². The average molecular weight is 469 g/mol. The van der Waals surface area contributed by atoms with E-state index in [-0.39, 0.29) is 0 Å². The lowest BCUT2D eigenvalue weighted by Gasteiger charge is -2.35. The first kappa shape index (κ1) is 28.8. The Hall–Kier alpha value is -1.44. The summed E-state index contributed by atoms with van der Waals surface area (Å²) < 4.78 is 0. The Kier molecular flexibility index (Phi) is 16.0. The molecule has 1 aromatic rings. The van der Waals surface area contributed by atoms with Crippen molar-refractivity contribution >= 4 is 0 Å². The van der Waals surface area contributed by atoms with Gasteiger partial charge in [0.1, 0.15) is 6.17 Å². The van der Waals surface area contributed by atoms with Crippen LogP contribution in [0.25, 0.3) is 0 Å². The van der Waals surface area contributed by atoms with Gasteiger partial charge in [-0.1, -0.05) is 140 Å². The molecular formula is C32H56N2. The van der Waals surface area contributed by atoms with Crippen molar-refractivity contribution in [2.45, 2.75) is 155 Å². The molecule has 0 saturated carbocycles. The van der Waals surface area contributed by atoms with Crippen LogP contribution in [0.1, 0.15) is 142 Å². The van der Waals surface area contributed by atoms with E-state index in [0.717, 1.165) is 6.54 Å². The maximum atomic E-state index is 2.55. The highest BCUT2D eigenvalue weighted by Crippen LogP contribution is 2.26. The van der Waals surface area contributed by atoms with Crippen LogP contribution in [-0.2, 0) is 6.54 Å². The van der Waals surface area contributed by atoms with Gasteiger partial charge in [0.2, 0.25) is 0 Å². The molecule has 0 saturated heterocycles. The molecule has 0 bridgehead atoms. The topological polar surface area (TPSA) is 6.48 Å². The Morgan fingerprint density at radius 2 is 1.09 bits per heavy atom. The molecule has 0 fully saturated rings. The maximum absolute atomic E-state index is 2.55. The van der Waals surface area contributed by atoms with Gasteiger partial charge in [0.15, 0.2) is 0 Å². The number of hydrogen-bond donors (Lipinski definition) is 0. The molecule has 1 atom stereocenters. The third-order valence-electron chi connectivity index (χ3n) is 7.53. The second-order valence-electron chi connectivity index (χ2n) is 10.9. The molecule has 0 aliphatic carbocycles. The van der Waals surface area contributed by atoms with Crippen molar-refractivity contribution < 1.29 is 0 Å². The third kappa shape index (κ3) is 12.3. The zero-order chi connectivity index (χ0) is 24.3. The number of benzene rings is 1. The van der Waals surface area contributed by atoms with Crippen LogP contribution in [0.15, 0.2) is 42.7 Å². The van der Waals surface area contributed by atoms with Crippen molar-refractivity contribution in [2.24, 2.45) is 0 Å². The zero-order valence-electron chi connectivity index (χ0n) is 23.0. The van der Waals surface area contributed by atoms with Crippen molar-refractivity contribution in [2.75, 3.05) is 0 Å². The minimum Gasteiger partial charge on any atom is -0.354 e. The number of rotatable bonds is 21. The fraction of sp³-hybridized carbons (Fsp3) is 0.750. The highest BCUT2D eigenvalue weighted by Gasteiger charge is 2.27. The minimum atomic E-state index is 0.525. The lowest BCUT2D eigenvalue weighted by molar-refractivity contribution is 0.110. The van der Waals surface area contributed by atoms with Gasteiger partial charge in [0.05, 0.1) is 0 Å². The molecule has 0 aromatic heterocycles. The molecule has 2 nitrogen and oxygen atoms in total. The first-order valence-corrected chi connectivity index (χ1v) is 15.0. The lowest BCUT2D eigenvalue weighted by atomic mass is 10.0. The fourth-order valence-electron chi connectivity index (χ4n) is 5.37. The quantitative estimate of drug-likeness (QED) is 0.166. The highest BCUT2D eigenvalue weighted by molar-refractivity contribution is 5.16. The fourth-order valence-corrected chi connectivity index (χ4v) is 5.37. The molecule has 2 heteroatoms. The van der Waals surface area contributed by atoms with Gasteiger partial charge >= 0.3 is 0 Å².